The quantitative estimate of drug-likeness (QED) is 0.444. The Labute approximate surface area is 218 Å². The first-order chi connectivity index (χ1) is 15.7. The lowest BCUT2D eigenvalue weighted by molar-refractivity contribution is 0.422. The van der Waals surface area contributed by atoms with Crippen LogP contribution >= 0.6 is 11.8 Å². The summed E-state index contributed by atoms with van der Waals surface area (Å²) in [5.74, 6) is 0.817. The third kappa shape index (κ3) is 7.43. The van der Waals surface area contributed by atoms with E-state index in [1.165, 1.54) is 0 Å². The molecule has 2 aromatic rings. The average Bonchev–Trinajstić information content (AvgIpc) is 2.66. The third-order valence-corrected chi connectivity index (χ3v) is 6.76. The van der Waals surface area contributed by atoms with E-state index >= 15 is 0 Å². The Bertz CT molecular complexity index is 949. The molecule has 2 aromatic carbocycles. The van der Waals surface area contributed by atoms with Gasteiger partial charge < -0.3 is 10.2 Å². The Kier molecular flexibility index (Phi) is 8.39. The molecular weight excluding hydrogens is 448 g/mol. The Balaban J connectivity index is 2.36. The van der Waals surface area contributed by atoms with Crippen LogP contribution in [0.5, 0.6) is 11.5 Å². The molecule has 3 heteroatoms. The van der Waals surface area contributed by atoms with E-state index in [1.807, 2.05) is 0 Å². The molecule has 0 fully saturated rings. The van der Waals surface area contributed by atoms with E-state index in [0.29, 0.717) is 11.5 Å². The minimum Gasteiger partial charge on any atom is -0.507 e. The fraction of sp³-hybridized carbons (Fsp3) is 0.500. The van der Waals surface area contributed by atoms with Gasteiger partial charge in [-0.05, 0) is 80.0 Å². The number of aromatic hydroxyl groups is 2. The zero-order valence-electron chi connectivity index (χ0n) is 23.9. The van der Waals surface area contributed by atoms with Gasteiger partial charge in [0.2, 0.25) is 0 Å². The van der Waals surface area contributed by atoms with Gasteiger partial charge in [0.1, 0.15) is 11.5 Å². The highest BCUT2D eigenvalue weighted by molar-refractivity contribution is 8.05. The van der Waals surface area contributed by atoms with Crippen LogP contribution in [0.15, 0.2) is 35.1 Å². The summed E-state index contributed by atoms with van der Waals surface area (Å²) < 4.78 is 0. The van der Waals surface area contributed by atoms with E-state index in [4.69, 9.17) is 0 Å². The lowest BCUT2D eigenvalue weighted by atomic mass is 9.78. The fourth-order valence-corrected chi connectivity index (χ4v) is 4.64. The number of rotatable bonds is 4. The van der Waals surface area contributed by atoms with Crippen LogP contribution in [0.2, 0.25) is 0 Å². The van der Waals surface area contributed by atoms with Crippen molar-refractivity contribution in [2.75, 3.05) is 0 Å². The number of thioether (sulfide) groups is 1. The second-order valence-corrected chi connectivity index (χ2v) is 14.5. The molecule has 0 heterocycles. The van der Waals surface area contributed by atoms with Crippen molar-refractivity contribution in [1.29, 1.82) is 0 Å². The highest BCUT2D eigenvalue weighted by atomic mass is 32.2. The van der Waals surface area contributed by atoms with Gasteiger partial charge in [-0.25, -0.2) is 0 Å². The van der Waals surface area contributed by atoms with E-state index in [1.54, 1.807) is 11.8 Å². The van der Waals surface area contributed by atoms with Gasteiger partial charge in [0.15, 0.2) is 0 Å². The van der Waals surface area contributed by atoms with Crippen LogP contribution in [-0.4, -0.2) is 10.2 Å². The van der Waals surface area contributed by atoms with Gasteiger partial charge in [-0.3, -0.25) is 0 Å². The van der Waals surface area contributed by atoms with Crippen molar-refractivity contribution in [3.05, 3.63) is 68.5 Å². The Morgan fingerprint density at radius 1 is 0.486 bits per heavy atom. The van der Waals surface area contributed by atoms with Gasteiger partial charge >= 0.3 is 0 Å². The highest BCUT2D eigenvalue weighted by Crippen LogP contribution is 2.41. The van der Waals surface area contributed by atoms with Crippen molar-refractivity contribution in [3.8, 4) is 11.5 Å². The standard InChI is InChI=1S/C32H46O2S/c1-29(2,3)23-17-21(18-24(27(23)33)30(4,5)6)13-15-35-16-14-22-19-25(31(7,8)9)28(34)26(20-22)32(10,11)12/h13-20,33-34H,1-12H3. The van der Waals surface area contributed by atoms with Crippen LogP contribution in [0.3, 0.4) is 0 Å². The average molecular weight is 495 g/mol. The molecule has 0 aromatic heterocycles. The highest BCUT2D eigenvalue weighted by Gasteiger charge is 2.27. The van der Waals surface area contributed by atoms with Crippen molar-refractivity contribution >= 4 is 23.9 Å². The Hall–Kier alpha value is -2.13. The Morgan fingerprint density at radius 3 is 0.914 bits per heavy atom. The summed E-state index contributed by atoms with van der Waals surface area (Å²) in [5.41, 5.74) is 5.49. The second-order valence-electron chi connectivity index (χ2n) is 13.7. The zero-order valence-corrected chi connectivity index (χ0v) is 24.7. The second kappa shape index (κ2) is 10.1. The summed E-state index contributed by atoms with van der Waals surface area (Å²) in [5, 5.41) is 26.0. The van der Waals surface area contributed by atoms with E-state index in [-0.39, 0.29) is 21.7 Å². The monoisotopic (exact) mass is 494 g/mol. The molecule has 2 N–H and O–H groups in total. The molecule has 0 aliphatic heterocycles. The molecule has 35 heavy (non-hydrogen) atoms. The number of benzene rings is 2. The normalized spacial score (nSPS) is 13.8. The number of phenols is 2. The largest absolute Gasteiger partial charge is 0.507 e. The minimum absolute atomic E-state index is 0.143. The molecule has 0 radical (unpaired) electrons. The van der Waals surface area contributed by atoms with Crippen molar-refractivity contribution in [3.63, 3.8) is 0 Å². The summed E-state index contributed by atoms with van der Waals surface area (Å²) in [6.45, 7) is 25.6. The van der Waals surface area contributed by atoms with Crippen molar-refractivity contribution < 1.29 is 10.2 Å². The van der Waals surface area contributed by atoms with E-state index in [0.717, 1.165) is 33.4 Å². The summed E-state index contributed by atoms with van der Waals surface area (Å²) in [4.78, 5) is 0. The van der Waals surface area contributed by atoms with Crippen molar-refractivity contribution in [2.45, 2.75) is 105 Å². The van der Waals surface area contributed by atoms with Gasteiger partial charge in [0, 0.05) is 22.3 Å². The van der Waals surface area contributed by atoms with Gasteiger partial charge in [-0.2, -0.15) is 0 Å². The van der Waals surface area contributed by atoms with Gasteiger partial charge in [-0.1, -0.05) is 83.1 Å². The molecule has 192 valence electrons. The maximum absolute atomic E-state index is 10.9. The van der Waals surface area contributed by atoms with Crippen LogP contribution in [0.25, 0.3) is 12.2 Å². The summed E-state index contributed by atoms with van der Waals surface area (Å²) in [7, 11) is 0. The maximum Gasteiger partial charge on any atom is 0.123 e. The summed E-state index contributed by atoms with van der Waals surface area (Å²) in [6.07, 6.45) is 4.22. The molecule has 0 aliphatic rings. The first kappa shape index (κ1) is 29.1. The zero-order chi connectivity index (χ0) is 27.0. The van der Waals surface area contributed by atoms with E-state index < -0.39 is 0 Å². The van der Waals surface area contributed by atoms with Crippen LogP contribution < -0.4 is 0 Å². The van der Waals surface area contributed by atoms with Crippen LogP contribution in [0.4, 0.5) is 0 Å². The molecule has 0 saturated heterocycles. The topological polar surface area (TPSA) is 40.5 Å². The van der Waals surface area contributed by atoms with Crippen molar-refractivity contribution in [1.82, 2.24) is 0 Å². The molecule has 0 unspecified atom stereocenters. The van der Waals surface area contributed by atoms with Gasteiger partial charge in [0.05, 0.1) is 0 Å². The predicted octanol–water partition coefficient (Wildman–Crippen LogP) is 9.66. The molecule has 2 rings (SSSR count). The van der Waals surface area contributed by atoms with Crippen LogP contribution in [-0.2, 0) is 21.7 Å². The predicted molar refractivity (Wildman–Crippen MR) is 157 cm³/mol. The van der Waals surface area contributed by atoms with Gasteiger partial charge in [-0.15, -0.1) is 11.8 Å². The maximum atomic E-state index is 10.9. The molecule has 0 amide bonds. The molecule has 0 saturated carbocycles. The third-order valence-electron chi connectivity index (χ3n) is 6.17. The first-order valence-corrected chi connectivity index (χ1v) is 13.4. The fourth-order valence-electron chi connectivity index (χ4n) is 4.07. The molecule has 2 nitrogen and oxygen atoms in total. The number of hydrogen-bond donors (Lipinski definition) is 2. The summed E-state index contributed by atoms with van der Waals surface area (Å²) >= 11 is 1.62. The minimum atomic E-state index is -0.143. The molecule has 0 aliphatic carbocycles. The smallest absolute Gasteiger partial charge is 0.123 e. The van der Waals surface area contributed by atoms with E-state index in [2.05, 4.69) is 130 Å². The molecule has 0 spiro atoms. The van der Waals surface area contributed by atoms with E-state index in [9.17, 15) is 10.2 Å². The molecule has 0 atom stereocenters. The van der Waals surface area contributed by atoms with Crippen LogP contribution in [0.1, 0.15) is 116 Å². The SMILES string of the molecule is CC(C)(C)c1cc(C=CSC=Cc2cc(C(C)(C)C)c(O)c(C(C)(C)C)c2)cc(C(C)(C)C)c1O. The number of hydrogen-bond acceptors (Lipinski definition) is 3. The Morgan fingerprint density at radius 2 is 0.714 bits per heavy atom. The van der Waals surface area contributed by atoms with Crippen molar-refractivity contribution in [2.24, 2.45) is 0 Å². The lowest BCUT2D eigenvalue weighted by Gasteiger charge is -2.27. The molecule has 0 bridgehead atoms. The van der Waals surface area contributed by atoms with Gasteiger partial charge in [0.25, 0.3) is 0 Å². The summed E-state index contributed by atoms with van der Waals surface area (Å²) in [6, 6.07) is 8.38. The van der Waals surface area contributed by atoms with Crippen LogP contribution in [0, 0.1) is 0 Å². The molecular formula is C32H46O2S. The first-order valence-electron chi connectivity index (χ1n) is 12.5. The number of phenolic OH excluding ortho intramolecular Hbond substituents is 2. The lowest BCUT2D eigenvalue weighted by Crippen LogP contribution is -2.17.